The van der Waals surface area contributed by atoms with E-state index in [1.807, 2.05) is 0 Å². The van der Waals surface area contributed by atoms with Crippen LogP contribution in [0.3, 0.4) is 0 Å². The number of carbonyl (C=O) groups is 1. The summed E-state index contributed by atoms with van der Waals surface area (Å²) >= 11 is 5.78. The number of carboxylic acids is 1. The molecule has 1 rings (SSSR count). The van der Waals surface area contributed by atoms with Gasteiger partial charge in [-0.1, -0.05) is 36.4 Å². The van der Waals surface area contributed by atoms with E-state index in [1.165, 1.54) is 12.1 Å². The highest BCUT2D eigenvalue weighted by Gasteiger charge is 2.14. The highest BCUT2D eigenvalue weighted by molar-refractivity contribution is 6.34. The van der Waals surface area contributed by atoms with Gasteiger partial charge in [-0.3, -0.25) is 0 Å². The molecule has 78 valence electrons. The van der Waals surface area contributed by atoms with Crippen molar-refractivity contribution >= 4 is 29.3 Å². The molecular formula is C11H10ClNO2. The van der Waals surface area contributed by atoms with Crippen molar-refractivity contribution in [3.05, 3.63) is 47.0 Å². The van der Waals surface area contributed by atoms with Crippen molar-refractivity contribution in [3.8, 4) is 0 Å². The van der Waals surface area contributed by atoms with Crippen molar-refractivity contribution in [3.63, 3.8) is 0 Å². The first-order valence-electron chi connectivity index (χ1n) is 4.18. The molecule has 0 saturated carbocycles. The van der Waals surface area contributed by atoms with E-state index in [0.29, 0.717) is 11.3 Å². The number of anilines is 1. The minimum Gasteiger partial charge on any atom is -0.478 e. The molecule has 3 N–H and O–H groups in total. The molecule has 0 heterocycles. The summed E-state index contributed by atoms with van der Waals surface area (Å²) in [7, 11) is 0. The summed E-state index contributed by atoms with van der Waals surface area (Å²) < 4.78 is 0. The van der Waals surface area contributed by atoms with Gasteiger partial charge in [0.25, 0.3) is 0 Å². The zero-order chi connectivity index (χ0) is 11.4. The van der Waals surface area contributed by atoms with Gasteiger partial charge in [-0.15, -0.1) is 0 Å². The average Bonchev–Trinajstić information content (AvgIpc) is 2.18. The number of nitrogens with two attached hydrogens (primary N) is 1. The summed E-state index contributed by atoms with van der Waals surface area (Å²) in [5.74, 6) is -1.10. The summed E-state index contributed by atoms with van der Waals surface area (Å²) in [6, 6.07) is 3.03. The summed E-state index contributed by atoms with van der Waals surface area (Å²) in [5.41, 5.74) is 6.44. The first-order valence-corrected chi connectivity index (χ1v) is 4.56. The first kappa shape index (κ1) is 11.3. The van der Waals surface area contributed by atoms with Gasteiger partial charge in [0.05, 0.1) is 10.6 Å². The molecule has 0 amide bonds. The lowest BCUT2D eigenvalue weighted by molar-refractivity contribution is 0.0697. The molecule has 0 aliphatic heterocycles. The van der Waals surface area contributed by atoms with Gasteiger partial charge in [-0.2, -0.15) is 0 Å². The summed E-state index contributed by atoms with van der Waals surface area (Å²) in [6.07, 6.45) is 4.71. The number of allylic oxidation sites excluding steroid dienone is 2. The van der Waals surface area contributed by atoms with E-state index in [4.69, 9.17) is 22.4 Å². The van der Waals surface area contributed by atoms with Crippen molar-refractivity contribution in [2.75, 3.05) is 5.73 Å². The van der Waals surface area contributed by atoms with Crippen molar-refractivity contribution in [2.45, 2.75) is 0 Å². The molecule has 1 aromatic carbocycles. The molecule has 3 nitrogen and oxygen atoms in total. The molecular weight excluding hydrogens is 214 g/mol. The Bertz CT molecular complexity index is 438. The van der Waals surface area contributed by atoms with Crippen LogP contribution in [0.5, 0.6) is 0 Å². The first-order chi connectivity index (χ1) is 7.07. The molecule has 0 bridgehead atoms. The van der Waals surface area contributed by atoms with Crippen LogP contribution in [0.2, 0.25) is 5.02 Å². The van der Waals surface area contributed by atoms with Crippen LogP contribution in [0, 0.1) is 0 Å². The molecule has 0 aromatic heterocycles. The molecule has 0 aliphatic carbocycles. The van der Waals surface area contributed by atoms with E-state index in [9.17, 15) is 4.79 Å². The maximum atomic E-state index is 11.0. The van der Waals surface area contributed by atoms with Gasteiger partial charge in [-0.05, 0) is 12.1 Å². The Kier molecular flexibility index (Phi) is 3.52. The number of nitrogen functional groups attached to an aromatic ring is 1. The van der Waals surface area contributed by atoms with E-state index in [0.717, 1.165) is 0 Å². The molecule has 0 unspecified atom stereocenters. The maximum Gasteiger partial charge on any atom is 0.337 e. The van der Waals surface area contributed by atoms with Crippen LogP contribution in [0.4, 0.5) is 5.69 Å². The Morgan fingerprint density at radius 2 is 2.20 bits per heavy atom. The molecule has 4 heteroatoms. The number of aromatic carboxylic acids is 1. The molecule has 15 heavy (non-hydrogen) atoms. The summed E-state index contributed by atoms with van der Waals surface area (Å²) in [5, 5.41) is 9.14. The van der Waals surface area contributed by atoms with E-state index in [2.05, 4.69) is 6.58 Å². The number of hydrogen-bond donors (Lipinski definition) is 2. The minimum atomic E-state index is -1.10. The fourth-order valence-corrected chi connectivity index (χ4v) is 1.42. The monoisotopic (exact) mass is 223 g/mol. The number of hydrogen-bond acceptors (Lipinski definition) is 2. The molecule has 1 aromatic rings. The minimum absolute atomic E-state index is 0.00904. The third-order valence-corrected chi connectivity index (χ3v) is 2.16. The highest BCUT2D eigenvalue weighted by Crippen LogP contribution is 2.26. The molecule has 0 radical (unpaired) electrons. The predicted octanol–water partition coefficient (Wildman–Crippen LogP) is 2.82. The largest absolute Gasteiger partial charge is 0.478 e. The summed E-state index contributed by atoms with van der Waals surface area (Å²) in [6.45, 7) is 3.49. The van der Waals surface area contributed by atoms with Crippen molar-refractivity contribution in [2.24, 2.45) is 0 Å². The van der Waals surface area contributed by atoms with Gasteiger partial charge < -0.3 is 10.8 Å². The fourth-order valence-electron chi connectivity index (χ4n) is 1.17. The molecule has 0 atom stereocenters. The fraction of sp³-hybridized carbons (Fsp3) is 0. The standard InChI is InChI=1S/C11H10ClNO2/c1-2-3-4-7-9(13)6-5-8(12)10(7)11(14)15/h2-6H,1,13H2,(H,14,15)/b4-3-. The number of rotatable bonds is 3. The van der Waals surface area contributed by atoms with Crippen LogP contribution in [0.1, 0.15) is 15.9 Å². The van der Waals surface area contributed by atoms with Gasteiger partial charge in [0.1, 0.15) is 0 Å². The number of halogens is 1. The lowest BCUT2D eigenvalue weighted by Gasteiger charge is -2.06. The molecule has 0 aliphatic rings. The van der Waals surface area contributed by atoms with Crippen LogP contribution in [0.25, 0.3) is 6.08 Å². The predicted molar refractivity (Wildman–Crippen MR) is 62.1 cm³/mol. The van der Waals surface area contributed by atoms with Crippen molar-refractivity contribution < 1.29 is 9.90 Å². The normalized spacial score (nSPS) is 10.5. The van der Waals surface area contributed by atoms with E-state index in [1.54, 1.807) is 18.2 Å². The zero-order valence-corrected chi connectivity index (χ0v) is 8.66. The van der Waals surface area contributed by atoms with Crippen LogP contribution in [-0.2, 0) is 0 Å². The van der Waals surface area contributed by atoms with Crippen LogP contribution >= 0.6 is 11.6 Å². The second-order valence-corrected chi connectivity index (χ2v) is 3.23. The molecule has 0 saturated heterocycles. The smallest absolute Gasteiger partial charge is 0.337 e. The van der Waals surface area contributed by atoms with Gasteiger partial charge >= 0.3 is 5.97 Å². The Morgan fingerprint density at radius 1 is 1.53 bits per heavy atom. The topological polar surface area (TPSA) is 63.3 Å². The lowest BCUT2D eigenvalue weighted by Crippen LogP contribution is -2.03. The highest BCUT2D eigenvalue weighted by atomic mass is 35.5. The van der Waals surface area contributed by atoms with Crippen LogP contribution < -0.4 is 5.73 Å². The quantitative estimate of drug-likeness (QED) is 0.612. The van der Waals surface area contributed by atoms with Crippen LogP contribution in [0.15, 0.2) is 30.9 Å². The molecule has 0 spiro atoms. The Labute approximate surface area is 92.5 Å². The Morgan fingerprint density at radius 3 is 2.73 bits per heavy atom. The number of carboxylic acid groups (broad SMARTS) is 1. The van der Waals surface area contributed by atoms with Gasteiger partial charge in [0, 0.05) is 11.3 Å². The van der Waals surface area contributed by atoms with Crippen LogP contribution in [-0.4, -0.2) is 11.1 Å². The van der Waals surface area contributed by atoms with E-state index >= 15 is 0 Å². The maximum absolute atomic E-state index is 11.0. The summed E-state index contributed by atoms with van der Waals surface area (Å²) in [4.78, 5) is 11.0. The third kappa shape index (κ3) is 2.39. The third-order valence-electron chi connectivity index (χ3n) is 1.84. The van der Waals surface area contributed by atoms with Gasteiger partial charge in [0.2, 0.25) is 0 Å². The van der Waals surface area contributed by atoms with Gasteiger partial charge in [-0.25, -0.2) is 4.79 Å². The average molecular weight is 224 g/mol. The Balaban J connectivity index is 3.44. The van der Waals surface area contributed by atoms with Crippen molar-refractivity contribution in [1.29, 1.82) is 0 Å². The van der Waals surface area contributed by atoms with E-state index in [-0.39, 0.29) is 10.6 Å². The van der Waals surface area contributed by atoms with Crippen molar-refractivity contribution in [1.82, 2.24) is 0 Å². The Hall–Kier alpha value is -1.74. The van der Waals surface area contributed by atoms with Gasteiger partial charge in [0.15, 0.2) is 0 Å². The SMILES string of the molecule is C=C/C=C\c1c(N)ccc(Cl)c1C(=O)O. The zero-order valence-electron chi connectivity index (χ0n) is 7.90. The second-order valence-electron chi connectivity index (χ2n) is 2.83. The number of benzene rings is 1. The lowest BCUT2D eigenvalue weighted by atomic mass is 10.0. The second kappa shape index (κ2) is 4.66. The van der Waals surface area contributed by atoms with E-state index < -0.39 is 5.97 Å². The molecule has 0 fully saturated rings.